The summed E-state index contributed by atoms with van der Waals surface area (Å²) >= 11 is 0. The van der Waals surface area contributed by atoms with Crippen molar-refractivity contribution >= 4 is 30.8 Å². The van der Waals surface area contributed by atoms with Crippen LogP contribution in [0.4, 0.5) is 16.2 Å². The smallest absolute Gasteiger partial charge is 0.368 e. The van der Waals surface area contributed by atoms with Gasteiger partial charge in [0.1, 0.15) is 12.2 Å². The first-order valence-corrected chi connectivity index (χ1v) is 12.0. The largest absolute Gasteiger partial charge is 0.475 e. The number of nitrogens with zero attached hydrogens (tertiary/aromatic N) is 5. The molecular weight excluding hydrogens is 430 g/mol. The monoisotopic (exact) mass is 454 g/mol. The van der Waals surface area contributed by atoms with Gasteiger partial charge in [0.2, 0.25) is 5.95 Å². The molecule has 2 aromatic heterocycles. The van der Waals surface area contributed by atoms with Crippen LogP contribution >= 0.6 is 7.82 Å². The second-order valence-corrected chi connectivity index (χ2v) is 10.4. The Morgan fingerprint density at radius 3 is 2.90 bits per heavy atom. The summed E-state index contributed by atoms with van der Waals surface area (Å²) in [5.41, 5.74) is 4.78. The number of ether oxygens (including phenoxy) is 1. The van der Waals surface area contributed by atoms with Crippen LogP contribution in [0.15, 0.2) is 6.33 Å². The maximum absolute atomic E-state index is 16.1. The van der Waals surface area contributed by atoms with Crippen LogP contribution < -0.4 is 10.6 Å². The van der Waals surface area contributed by atoms with Crippen LogP contribution in [0.1, 0.15) is 32.4 Å². The fourth-order valence-electron chi connectivity index (χ4n) is 4.23. The van der Waals surface area contributed by atoms with Crippen molar-refractivity contribution in [2.45, 2.75) is 50.3 Å². The molecule has 5 atom stereocenters. The van der Waals surface area contributed by atoms with Crippen LogP contribution in [0.2, 0.25) is 0 Å². The molecule has 0 amide bonds. The van der Waals surface area contributed by atoms with Crippen molar-refractivity contribution in [1.29, 1.82) is 0 Å². The lowest BCUT2D eigenvalue weighted by Gasteiger charge is -2.33. The summed E-state index contributed by atoms with van der Waals surface area (Å²) in [4.78, 5) is 15.1. The second-order valence-electron chi connectivity index (χ2n) is 8.76. The van der Waals surface area contributed by atoms with E-state index in [9.17, 15) is 4.57 Å². The molecule has 4 aliphatic rings. The van der Waals surface area contributed by atoms with Gasteiger partial charge in [0, 0.05) is 13.1 Å². The summed E-state index contributed by atoms with van der Waals surface area (Å²) in [6.07, 6.45) is 1.58. The summed E-state index contributed by atoms with van der Waals surface area (Å²) < 4.78 is 52.7. The van der Waals surface area contributed by atoms with Crippen LogP contribution in [0.5, 0.6) is 0 Å². The number of hydrogen-bond donors (Lipinski definition) is 1. The van der Waals surface area contributed by atoms with E-state index in [4.69, 9.17) is 24.0 Å². The van der Waals surface area contributed by atoms with Gasteiger partial charge in [-0.2, -0.15) is 9.97 Å². The number of nitrogen functional groups attached to an aromatic ring is 1. The van der Waals surface area contributed by atoms with E-state index in [0.717, 1.165) is 32.4 Å². The van der Waals surface area contributed by atoms with Crippen molar-refractivity contribution < 1.29 is 27.3 Å². The molecule has 2 N–H and O–H groups in total. The van der Waals surface area contributed by atoms with Crippen molar-refractivity contribution in [1.82, 2.24) is 19.5 Å². The third kappa shape index (κ3) is 3.23. The minimum Gasteiger partial charge on any atom is -0.368 e. The lowest BCUT2D eigenvalue weighted by Crippen LogP contribution is -2.44. The number of aromatic nitrogens is 4. The zero-order chi connectivity index (χ0) is 21.4. The fourth-order valence-corrected chi connectivity index (χ4v) is 5.77. The predicted molar refractivity (Wildman–Crippen MR) is 107 cm³/mol. The van der Waals surface area contributed by atoms with E-state index in [-0.39, 0.29) is 19.2 Å². The van der Waals surface area contributed by atoms with Crippen molar-refractivity contribution in [2.75, 3.05) is 36.9 Å². The normalized spacial score (nSPS) is 37.7. The van der Waals surface area contributed by atoms with Crippen LogP contribution in [0, 0.1) is 5.92 Å². The van der Waals surface area contributed by atoms with Gasteiger partial charge in [0.25, 0.3) is 0 Å². The topological polar surface area (TPSA) is 127 Å². The van der Waals surface area contributed by atoms with Gasteiger partial charge in [-0.05, 0) is 32.1 Å². The van der Waals surface area contributed by atoms with E-state index in [1.165, 1.54) is 17.8 Å². The average molecular weight is 454 g/mol. The Morgan fingerprint density at radius 2 is 2.19 bits per heavy atom. The predicted octanol–water partition coefficient (Wildman–Crippen LogP) is 2.19. The van der Waals surface area contributed by atoms with Gasteiger partial charge >= 0.3 is 7.82 Å². The third-order valence-electron chi connectivity index (χ3n) is 6.31. The zero-order valence-electron chi connectivity index (χ0n) is 17.0. The number of nitrogens with two attached hydrogens (primary N) is 1. The Labute approximate surface area is 177 Å². The van der Waals surface area contributed by atoms with Gasteiger partial charge in [-0.15, -0.1) is 0 Å². The molecule has 1 saturated carbocycles. The molecule has 168 valence electrons. The van der Waals surface area contributed by atoms with E-state index in [2.05, 4.69) is 15.0 Å². The second kappa shape index (κ2) is 6.82. The maximum atomic E-state index is 16.1. The number of rotatable bonds is 5. The first kappa shape index (κ1) is 19.8. The number of hydrogen-bond acceptors (Lipinski definition) is 10. The summed E-state index contributed by atoms with van der Waals surface area (Å²) in [6.45, 7) is 3.25. The molecule has 3 saturated heterocycles. The minimum atomic E-state index is -3.85. The van der Waals surface area contributed by atoms with Crippen molar-refractivity contribution in [3.05, 3.63) is 6.33 Å². The third-order valence-corrected chi connectivity index (χ3v) is 7.73. The maximum Gasteiger partial charge on any atom is 0.475 e. The van der Waals surface area contributed by atoms with E-state index in [0.29, 0.717) is 22.9 Å². The standard InChI is InChI=1S/C18H24FN6O5P/c1-18(19)13-11(8-28-31(26,30-13)27-7-10-3-4-10)29-16(18)25-9-21-12-14(24-5-2-6-24)22-17(20)23-15(12)25/h9-11,13,16H,2-8H2,1H3,(H2,20,22,23)/t11-,13-,16-,18-,31-/m1/s1. The fraction of sp³-hybridized carbons (Fsp3) is 0.722. The molecule has 0 aromatic carbocycles. The van der Waals surface area contributed by atoms with Crippen molar-refractivity contribution in [2.24, 2.45) is 5.92 Å². The Hall–Kier alpha value is -1.85. The minimum absolute atomic E-state index is 0.0738. The first-order valence-electron chi connectivity index (χ1n) is 10.5. The van der Waals surface area contributed by atoms with Crippen LogP contribution in [0.25, 0.3) is 11.2 Å². The molecule has 1 aliphatic carbocycles. The highest BCUT2D eigenvalue weighted by molar-refractivity contribution is 7.48. The number of phosphoric ester groups is 1. The molecule has 0 unspecified atom stereocenters. The lowest BCUT2D eigenvalue weighted by molar-refractivity contribution is -0.0709. The van der Waals surface area contributed by atoms with Gasteiger partial charge in [0.05, 0.1) is 19.5 Å². The summed E-state index contributed by atoms with van der Waals surface area (Å²) in [6, 6.07) is 0. The highest BCUT2D eigenvalue weighted by Gasteiger charge is 2.61. The molecule has 13 heteroatoms. The molecule has 0 bridgehead atoms. The Bertz CT molecular complexity index is 1070. The first-order chi connectivity index (χ1) is 14.8. The van der Waals surface area contributed by atoms with Gasteiger partial charge in [0.15, 0.2) is 28.9 Å². The number of imidazole rings is 1. The highest BCUT2D eigenvalue weighted by Crippen LogP contribution is 2.60. The molecule has 5 heterocycles. The summed E-state index contributed by atoms with van der Waals surface area (Å²) in [5.74, 6) is 1.06. The van der Waals surface area contributed by atoms with Crippen molar-refractivity contribution in [3.63, 3.8) is 0 Å². The molecule has 6 rings (SSSR count). The molecule has 0 spiro atoms. The molecule has 31 heavy (non-hydrogen) atoms. The molecule has 4 fully saturated rings. The molecule has 2 aromatic rings. The SMILES string of the molecule is C[C@@]1(F)[C@@H]2O[P@](=O)(OCC3CC3)OC[C@H]2O[C@H]1n1cnc2c(N3CCC3)nc(N)nc21. The van der Waals surface area contributed by atoms with Crippen LogP contribution in [-0.2, 0) is 22.9 Å². The van der Waals surface area contributed by atoms with Gasteiger partial charge < -0.3 is 15.4 Å². The van der Waals surface area contributed by atoms with Gasteiger partial charge in [-0.1, -0.05) is 0 Å². The van der Waals surface area contributed by atoms with Crippen molar-refractivity contribution in [3.8, 4) is 0 Å². The summed E-state index contributed by atoms with van der Waals surface area (Å²) in [7, 11) is -3.85. The van der Waals surface area contributed by atoms with Crippen LogP contribution in [0.3, 0.4) is 0 Å². The van der Waals surface area contributed by atoms with E-state index < -0.39 is 31.9 Å². The van der Waals surface area contributed by atoms with Gasteiger partial charge in [-0.3, -0.25) is 18.1 Å². The lowest BCUT2D eigenvalue weighted by atomic mass is 9.98. The molecule has 11 nitrogen and oxygen atoms in total. The quantitative estimate of drug-likeness (QED) is 0.672. The number of alkyl halides is 1. The molecule has 0 radical (unpaired) electrons. The van der Waals surface area contributed by atoms with E-state index in [1.54, 1.807) is 0 Å². The number of phosphoric acid groups is 1. The number of halogens is 1. The highest BCUT2D eigenvalue weighted by atomic mass is 31.2. The number of fused-ring (bicyclic) bond motifs is 2. The van der Waals surface area contributed by atoms with Crippen LogP contribution in [-0.4, -0.2) is 63.7 Å². The average Bonchev–Trinajstić information content (AvgIpc) is 3.37. The van der Waals surface area contributed by atoms with E-state index >= 15 is 4.39 Å². The number of anilines is 2. The Balaban J connectivity index is 1.31. The Kier molecular flexibility index (Phi) is 4.36. The van der Waals surface area contributed by atoms with Gasteiger partial charge in [-0.25, -0.2) is 13.9 Å². The van der Waals surface area contributed by atoms with E-state index in [1.807, 2.05) is 4.90 Å². The Morgan fingerprint density at radius 1 is 1.39 bits per heavy atom. The zero-order valence-corrected chi connectivity index (χ0v) is 17.9. The molecular formula is C18H24FN6O5P. The molecule has 3 aliphatic heterocycles. The summed E-state index contributed by atoms with van der Waals surface area (Å²) in [5, 5.41) is 0.